The highest BCUT2D eigenvalue weighted by Gasteiger charge is 2.16. The van der Waals surface area contributed by atoms with Crippen molar-refractivity contribution in [1.82, 2.24) is 10.3 Å². The van der Waals surface area contributed by atoms with Gasteiger partial charge >= 0.3 is 0 Å². The van der Waals surface area contributed by atoms with Crippen LogP contribution in [-0.2, 0) is 30.8 Å². The van der Waals surface area contributed by atoms with Gasteiger partial charge in [0.05, 0.1) is 18.0 Å². The molecule has 0 radical (unpaired) electrons. The number of nitrogens with one attached hydrogen (secondary N) is 1. The van der Waals surface area contributed by atoms with Crippen LogP contribution in [0.5, 0.6) is 0 Å². The summed E-state index contributed by atoms with van der Waals surface area (Å²) < 4.78 is 27.9. The molecule has 0 fully saturated rings. The van der Waals surface area contributed by atoms with Crippen LogP contribution in [0, 0.1) is 13.8 Å². The van der Waals surface area contributed by atoms with E-state index in [1.807, 2.05) is 31.2 Å². The average Bonchev–Trinajstić information content (AvgIpc) is 2.97. The summed E-state index contributed by atoms with van der Waals surface area (Å²) in [6.45, 7) is 3.98. The molecule has 0 spiro atoms. The molecule has 0 aliphatic carbocycles. The molecule has 0 aliphatic heterocycles. The van der Waals surface area contributed by atoms with Crippen LogP contribution in [0.15, 0.2) is 28.7 Å². The van der Waals surface area contributed by atoms with E-state index in [2.05, 4.69) is 10.3 Å². The number of rotatable bonds is 9. The van der Waals surface area contributed by atoms with Crippen molar-refractivity contribution < 1.29 is 22.9 Å². The van der Waals surface area contributed by atoms with Gasteiger partial charge < -0.3 is 19.2 Å². The fraction of sp³-hybridized carbons (Fsp3) is 0.444. The molecule has 142 valence electrons. The topological polar surface area (TPSA) is 90.7 Å². The molecule has 7 nitrogen and oxygen atoms in total. The molecule has 1 N–H and O–H groups in total. The maximum atomic E-state index is 12.3. The highest BCUT2D eigenvalue weighted by molar-refractivity contribution is 7.84. The Balaban J connectivity index is 1.93. The van der Waals surface area contributed by atoms with Crippen LogP contribution in [-0.4, -0.2) is 47.9 Å². The van der Waals surface area contributed by atoms with Crippen molar-refractivity contribution in [1.29, 1.82) is 0 Å². The first-order chi connectivity index (χ1) is 12.4. The molecule has 26 heavy (non-hydrogen) atoms. The molecule has 0 aliphatic rings. The molecule has 0 saturated carbocycles. The van der Waals surface area contributed by atoms with Crippen molar-refractivity contribution in [3.8, 4) is 11.5 Å². The average molecular weight is 380 g/mol. The lowest BCUT2D eigenvalue weighted by Gasteiger charge is -2.13. The van der Waals surface area contributed by atoms with Crippen molar-refractivity contribution in [2.24, 2.45) is 0 Å². The number of carbonyl (C=O) groups excluding carboxylic acids is 1. The molecule has 1 aromatic heterocycles. The number of oxazole rings is 1. The molecule has 1 heterocycles. The first-order valence-corrected chi connectivity index (χ1v) is 9.62. The lowest BCUT2D eigenvalue weighted by atomic mass is 10.1. The Morgan fingerprint density at radius 3 is 2.50 bits per heavy atom. The van der Waals surface area contributed by atoms with Gasteiger partial charge in [0, 0.05) is 30.6 Å². The monoisotopic (exact) mass is 380 g/mol. The van der Waals surface area contributed by atoms with Gasteiger partial charge in [0.1, 0.15) is 11.5 Å². The predicted molar refractivity (Wildman–Crippen MR) is 98.9 cm³/mol. The van der Waals surface area contributed by atoms with Gasteiger partial charge in [-0.15, -0.1) is 0 Å². The van der Waals surface area contributed by atoms with Crippen molar-refractivity contribution in [3.05, 3.63) is 41.3 Å². The van der Waals surface area contributed by atoms with Gasteiger partial charge in [0.25, 0.3) is 0 Å². The SMILES string of the molecule is COC(CNC(=O)CS(=O)Cc1nc(-c2ccc(C)cc2)oc1C)OC. The number of aryl methyl sites for hydroxylation is 2. The maximum absolute atomic E-state index is 12.3. The van der Waals surface area contributed by atoms with Gasteiger partial charge in [-0.25, -0.2) is 4.98 Å². The lowest BCUT2D eigenvalue weighted by molar-refractivity contribution is -0.125. The highest BCUT2D eigenvalue weighted by Crippen LogP contribution is 2.22. The van der Waals surface area contributed by atoms with Crippen LogP contribution < -0.4 is 5.32 Å². The van der Waals surface area contributed by atoms with E-state index in [0.29, 0.717) is 17.3 Å². The second-order valence-electron chi connectivity index (χ2n) is 5.82. The van der Waals surface area contributed by atoms with E-state index < -0.39 is 17.1 Å². The van der Waals surface area contributed by atoms with Crippen molar-refractivity contribution in [3.63, 3.8) is 0 Å². The zero-order valence-electron chi connectivity index (χ0n) is 15.4. The Kier molecular flexibility index (Phi) is 7.50. The number of hydrogen-bond donors (Lipinski definition) is 1. The Morgan fingerprint density at radius 2 is 1.88 bits per heavy atom. The van der Waals surface area contributed by atoms with E-state index in [1.54, 1.807) is 6.92 Å². The van der Waals surface area contributed by atoms with Gasteiger partial charge in [-0.05, 0) is 26.0 Å². The van der Waals surface area contributed by atoms with Gasteiger partial charge in [0.15, 0.2) is 6.29 Å². The smallest absolute Gasteiger partial charge is 0.232 e. The Hall–Kier alpha value is -2.03. The zero-order valence-corrected chi connectivity index (χ0v) is 16.2. The van der Waals surface area contributed by atoms with E-state index in [9.17, 15) is 9.00 Å². The predicted octanol–water partition coefficient (Wildman–Crippen LogP) is 1.94. The van der Waals surface area contributed by atoms with Crippen LogP contribution in [0.2, 0.25) is 0 Å². The third-order valence-electron chi connectivity index (χ3n) is 3.77. The number of carbonyl (C=O) groups is 1. The minimum Gasteiger partial charge on any atom is -0.441 e. The summed E-state index contributed by atoms with van der Waals surface area (Å²) in [5.74, 6) is 0.802. The lowest BCUT2D eigenvalue weighted by Crippen LogP contribution is -2.36. The second kappa shape index (κ2) is 9.61. The van der Waals surface area contributed by atoms with Crippen LogP contribution in [0.3, 0.4) is 0 Å². The second-order valence-corrected chi connectivity index (χ2v) is 7.28. The van der Waals surface area contributed by atoms with E-state index in [1.165, 1.54) is 14.2 Å². The first-order valence-electron chi connectivity index (χ1n) is 8.13. The molecular formula is C18H24N2O5S. The minimum atomic E-state index is -1.39. The third-order valence-corrected chi connectivity index (χ3v) is 4.95. The van der Waals surface area contributed by atoms with Crippen molar-refractivity contribution in [2.45, 2.75) is 25.9 Å². The molecular weight excluding hydrogens is 356 g/mol. The number of hydrogen-bond acceptors (Lipinski definition) is 6. The summed E-state index contributed by atoms with van der Waals surface area (Å²) in [4.78, 5) is 16.3. The van der Waals surface area contributed by atoms with Gasteiger partial charge in [0.2, 0.25) is 11.8 Å². The maximum Gasteiger partial charge on any atom is 0.232 e. The van der Waals surface area contributed by atoms with Gasteiger partial charge in [-0.3, -0.25) is 9.00 Å². The number of methoxy groups -OCH3 is 2. The normalized spacial score (nSPS) is 12.3. The summed E-state index contributed by atoms with van der Waals surface area (Å²) in [6, 6.07) is 7.81. The molecule has 1 aromatic carbocycles. The third kappa shape index (κ3) is 5.76. The summed E-state index contributed by atoms with van der Waals surface area (Å²) in [5, 5.41) is 2.63. The van der Waals surface area contributed by atoms with E-state index in [0.717, 1.165) is 11.1 Å². The van der Waals surface area contributed by atoms with Crippen LogP contribution in [0.1, 0.15) is 17.0 Å². The Bertz CT molecular complexity index is 753. The van der Waals surface area contributed by atoms with E-state index >= 15 is 0 Å². The number of amides is 1. The van der Waals surface area contributed by atoms with Crippen LogP contribution >= 0.6 is 0 Å². The molecule has 2 rings (SSSR count). The number of ether oxygens (including phenoxy) is 2. The molecule has 1 unspecified atom stereocenters. The Morgan fingerprint density at radius 1 is 1.23 bits per heavy atom. The largest absolute Gasteiger partial charge is 0.441 e. The number of nitrogens with zero attached hydrogens (tertiary/aromatic N) is 1. The van der Waals surface area contributed by atoms with E-state index in [4.69, 9.17) is 13.9 Å². The van der Waals surface area contributed by atoms with Crippen LogP contribution in [0.25, 0.3) is 11.5 Å². The fourth-order valence-electron chi connectivity index (χ4n) is 2.24. The highest BCUT2D eigenvalue weighted by atomic mass is 32.2. The summed E-state index contributed by atoms with van der Waals surface area (Å²) in [6.07, 6.45) is -0.526. The van der Waals surface area contributed by atoms with E-state index in [-0.39, 0.29) is 24.0 Å². The molecule has 2 aromatic rings. The Labute approximate surface area is 155 Å². The number of aromatic nitrogens is 1. The summed E-state index contributed by atoms with van der Waals surface area (Å²) >= 11 is 0. The first kappa shape index (κ1) is 20.3. The standard InChI is InChI=1S/C18H24N2O5S/c1-12-5-7-14(8-6-12)18-20-15(13(2)25-18)10-26(22)11-16(21)19-9-17(23-3)24-4/h5-8,17H,9-11H2,1-4H3,(H,19,21). The molecule has 0 saturated heterocycles. The zero-order chi connectivity index (χ0) is 19.1. The van der Waals surface area contributed by atoms with Crippen molar-refractivity contribution >= 4 is 16.7 Å². The molecule has 1 amide bonds. The molecule has 8 heteroatoms. The summed E-state index contributed by atoms with van der Waals surface area (Å²) in [7, 11) is 1.57. The minimum absolute atomic E-state index is 0.119. The van der Waals surface area contributed by atoms with Crippen molar-refractivity contribution in [2.75, 3.05) is 26.5 Å². The number of benzene rings is 1. The summed E-state index contributed by atoms with van der Waals surface area (Å²) in [5.41, 5.74) is 2.60. The van der Waals surface area contributed by atoms with Gasteiger partial charge in [-0.2, -0.15) is 0 Å². The van der Waals surface area contributed by atoms with Gasteiger partial charge in [-0.1, -0.05) is 17.7 Å². The van der Waals surface area contributed by atoms with Crippen LogP contribution in [0.4, 0.5) is 0 Å². The quantitative estimate of drug-likeness (QED) is 0.669. The molecule has 1 atom stereocenters. The fourth-order valence-corrected chi connectivity index (χ4v) is 3.31. The molecule has 0 bridgehead atoms.